The highest BCUT2D eigenvalue weighted by Gasteiger charge is 2.23. The number of nitro groups is 1. The molecule has 120 valence electrons. The number of non-ortho nitro benzene ring substituents is 1. The molecule has 0 saturated carbocycles. The van der Waals surface area contributed by atoms with Crippen molar-refractivity contribution < 1.29 is 24.4 Å². The molecule has 0 spiro atoms. The molecule has 1 aromatic rings. The van der Waals surface area contributed by atoms with Crippen molar-refractivity contribution in [3.05, 3.63) is 39.9 Å². The second-order valence-corrected chi connectivity index (χ2v) is 5.65. The summed E-state index contributed by atoms with van der Waals surface area (Å²) in [5.74, 6) is -1.15. The minimum atomic E-state index is -1.15. The number of benzene rings is 1. The molecule has 1 atom stereocenters. The largest absolute Gasteiger partial charge is 0.481 e. The van der Waals surface area contributed by atoms with Crippen LogP contribution in [0.2, 0.25) is 0 Å². The van der Waals surface area contributed by atoms with Gasteiger partial charge in [0.25, 0.3) is 5.69 Å². The Morgan fingerprint density at radius 3 is 2.55 bits per heavy atom. The van der Waals surface area contributed by atoms with Gasteiger partial charge in [-0.05, 0) is 26.3 Å². The summed E-state index contributed by atoms with van der Waals surface area (Å²) >= 11 is 0. The van der Waals surface area contributed by atoms with E-state index in [0.717, 1.165) is 0 Å². The van der Waals surface area contributed by atoms with E-state index in [1.54, 1.807) is 20.8 Å². The Kier molecular flexibility index (Phi) is 5.44. The van der Waals surface area contributed by atoms with Crippen LogP contribution in [-0.2, 0) is 9.53 Å². The van der Waals surface area contributed by atoms with E-state index in [1.807, 2.05) is 0 Å². The maximum absolute atomic E-state index is 11.8. The molecule has 0 bridgehead atoms. The SMILES string of the molecule is CC(C)(C)OC(=O)N[C@@H](CC(=O)O)c1cccc([N+](=O)[O-])c1. The van der Waals surface area contributed by atoms with Crippen molar-refractivity contribution in [2.45, 2.75) is 38.8 Å². The minimum absolute atomic E-state index is 0.182. The molecular weight excluding hydrogens is 292 g/mol. The lowest BCUT2D eigenvalue weighted by atomic mass is 10.0. The molecule has 0 aliphatic rings. The van der Waals surface area contributed by atoms with E-state index in [0.29, 0.717) is 5.56 Å². The van der Waals surface area contributed by atoms with E-state index < -0.39 is 35.0 Å². The van der Waals surface area contributed by atoms with Crippen LogP contribution in [0.5, 0.6) is 0 Å². The molecule has 1 rings (SSSR count). The molecule has 0 saturated heterocycles. The van der Waals surface area contributed by atoms with Gasteiger partial charge in [0.1, 0.15) is 5.60 Å². The smallest absolute Gasteiger partial charge is 0.408 e. The monoisotopic (exact) mass is 310 g/mol. The maximum atomic E-state index is 11.8. The summed E-state index contributed by atoms with van der Waals surface area (Å²) in [5, 5.41) is 22.2. The highest BCUT2D eigenvalue weighted by atomic mass is 16.6. The van der Waals surface area contributed by atoms with E-state index >= 15 is 0 Å². The number of carbonyl (C=O) groups is 2. The Morgan fingerprint density at radius 2 is 2.05 bits per heavy atom. The fourth-order valence-corrected chi connectivity index (χ4v) is 1.73. The lowest BCUT2D eigenvalue weighted by molar-refractivity contribution is -0.384. The molecule has 0 radical (unpaired) electrons. The first-order chi connectivity index (χ1) is 10.1. The molecule has 0 heterocycles. The van der Waals surface area contributed by atoms with Crippen molar-refractivity contribution in [1.82, 2.24) is 5.32 Å². The Balaban J connectivity index is 2.98. The van der Waals surface area contributed by atoms with Crippen LogP contribution in [0.4, 0.5) is 10.5 Å². The molecule has 0 aromatic heterocycles. The van der Waals surface area contributed by atoms with Crippen molar-refractivity contribution in [2.24, 2.45) is 0 Å². The topological polar surface area (TPSA) is 119 Å². The van der Waals surface area contributed by atoms with E-state index in [4.69, 9.17) is 9.84 Å². The van der Waals surface area contributed by atoms with Gasteiger partial charge in [0.05, 0.1) is 17.4 Å². The number of alkyl carbamates (subject to hydrolysis) is 1. The number of ether oxygens (including phenoxy) is 1. The summed E-state index contributed by atoms with van der Waals surface area (Å²) in [4.78, 5) is 32.9. The fourth-order valence-electron chi connectivity index (χ4n) is 1.73. The van der Waals surface area contributed by atoms with Gasteiger partial charge in [0, 0.05) is 12.1 Å². The van der Waals surface area contributed by atoms with Gasteiger partial charge in [-0.15, -0.1) is 0 Å². The third-order valence-corrected chi connectivity index (χ3v) is 2.55. The summed E-state index contributed by atoms with van der Waals surface area (Å²) in [6.07, 6.45) is -1.20. The average Bonchev–Trinajstić information content (AvgIpc) is 2.35. The normalized spacial score (nSPS) is 12.3. The van der Waals surface area contributed by atoms with Gasteiger partial charge < -0.3 is 15.2 Å². The Bertz CT molecular complexity index is 579. The Hall–Kier alpha value is -2.64. The molecule has 1 aromatic carbocycles. The number of nitrogens with zero attached hydrogens (tertiary/aromatic N) is 1. The van der Waals surface area contributed by atoms with E-state index in [1.165, 1.54) is 24.3 Å². The highest BCUT2D eigenvalue weighted by molar-refractivity contribution is 5.72. The standard InChI is InChI=1S/C14H18N2O6/c1-14(2,3)22-13(19)15-11(8-12(17)18)9-5-4-6-10(7-9)16(20)21/h4-7,11H,8H2,1-3H3,(H,15,19)(H,17,18)/t11-/m0/s1. The van der Waals surface area contributed by atoms with E-state index in [2.05, 4.69) is 5.32 Å². The van der Waals surface area contributed by atoms with Crippen molar-refractivity contribution >= 4 is 17.7 Å². The maximum Gasteiger partial charge on any atom is 0.408 e. The fraction of sp³-hybridized carbons (Fsp3) is 0.429. The average molecular weight is 310 g/mol. The molecule has 1 amide bonds. The minimum Gasteiger partial charge on any atom is -0.481 e. The van der Waals surface area contributed by atoms with Gasteiger partial charge >= 0.3 is 12.1 Å². The summed E-state index contributed by atoms with van der Waals surface area (Å²) in [7, 11) is 0. The van der Waals surface area contributed by atoms with Crippen molar-refractivity contribution in [1.29, 1.82) is 0 Å². The quantitative estimate of drug-likeness (QED) is 0.637. The predicted molar refractivity (Wildman–Crippen MR) is 77.5 cm³/mol. The molecule has 0 unspecified atom stereocenters. The lowest BCUT2D eigenvalue weighted by Gasteiger charge is -2.23. The number of carboxylic acid groups (broad SMARTS) is 1. The summed E-state index contributed by atoms with van der Waals surface area (Å²) in [5.41, 5.74) is -0.595. The molecule has 0 aliphatic carbocycles. The van der Waals surface area contributed by atoms with Crippen LogP contribution >= 0.6 is 0 Å². The van der Waals surface area contributed by atoms with Crippen LogP contribution in [0.3, 0.4) is 0 Å². The molecule has 8 nitrogen and oxygen atoms in total. The summed E-state index contributed by atoms with van der Waals surface area (Å²) in [6.45, 7) is 5.02. The Morgan fingerprint density at radius 1 is 1.41 bits per heavy atom. The third-order valence-electron chi connectivity index (χ3n) is 2.55. The summed E-state index contributed by atoms with van der Waals surface area (Å²) < 4.78 is 5.07. The molecule has 8 heteroatoms. The van der Waals surface area contributed by atoms with Crippen LogP contribution in [0, 0.1) is 10.1 Å². The number of carboxylic acids is 1. The van der Waals surface area contributed by atoms with Crippen LogP contribution in [0.25, 0.3) is 0 Å². The van der Waals surface area contributed by atoms with Gasteiger partial charge in [-0.25, -0.2) is 4.79 Å². The predicted octanol–water partition coefficient (Wildman–Crippen LogP) is 2.64. The molecule has 2 N–H and O–H groups in total. The number of amides is 1. The van der Waals surface area contributed by atoms with Crippen molar-refractivity contribution in [3.8, 4) is 0 Å². The van der Waals surface area contributed by atoms with Crippen LogP contribution in [0.1, 0.15) is 38.8 Å². The molecule has 0 fully saturated rings. The van der Waals surface area contributed by atoms with Gasteiger partial charge in [-0.3, -0.25) is 14.9 Å². The number of rotatable bonds is 5. The zero-order valence-electron chi connectivity index (χ0n) is 12.5. The van der Waals surface area contributed by atoms with E-state index in [9.17, 15) is 19.7 Å². The second kappa shape index (κ2) is 6.88. The van der Waals surface area contributed by atoms with Gasteiger partial charge in [0.2, 0.25) is 0 Å². The first-order valence-electron chi connectivity index (χ1n) is 6.54. The van der Waals surface area contributed by atoms with Crippen LogP contribution < -0.4 is 5.32 Å². The number of aliphatic carboxylic acids is 1. The van der Waals surface area contributed by atoms with Crippen molar-refractivity contribution in [2.75, 3.05) is 0 Å². The zero-order chi connectivity index (χ0) is 16.9. The van der Waals surface area contributed by atoms with E-state index in [-0.39, 0.29) is 5.69 Å². The molecular formula is C14H18N2O6. The first-order valence-corrected chi connectivity index (χ1v) is 6.54. The van der Waals surface area contributed by atoms with Gasteiger partial charge in [0.15, 0.2) is 0 Å². The number of nitro benzene ring substituents is 1. The van der Waals surface area contributed by atoms with Gasteiger partial charge in [-0.1, -0.05) is 12.1 Å². The number of carbonyl (C=O) groups excluding carboxylic acids is 1. The van der Waals surface area contributed by atoms with Crippen molar-refractivity contribution in [3.63, 3.8) is 0 Å². The lowest BCUT2D eigenvalue weighted by Crippen LogP contribution is -2.35. The number of hydrogen-bond acceptors (Lipinski definition) is 5. The highest BCUT2D eigenvalue weighted by Crippen LogP contribution is 2.22. The Labute approximate surface area is 127 Å². The number of hydrogen-bond donors (Lipinski definition) is 2. The third kappa shape index (κ3) is 5.78. The van der Waals surface area contributed by atoms with Crippen LogP contribution in [0.15, 0.2) is 24.3 Å². The summed E-state index contributed by atoms with van der Waals surface area (Å²) in [6, 6.07) is 4.53. The zero-order valence-corrected chi connectivity index (χ0v) is 12.5. The number of nitrogens with one attached hydrogen (secondary N) is 1. The van der Waals surface area contributed by atoms with Crippen LogP contribution in [-0.4, -0.2) is 27.7 Å². The second-order valence-electron chi connectivity index (χ2n) is 5.65. The molecule has 0 aliphatic heterocycles. The van der Waals surface area contributed by atoms with Gasteiger partial charge in [-0.2, -0.15) is 0 Å². The first kappa shape index (κ1) is 17.4. The molecule has 22 heavy (non-hydrogen) atoms.